The van der Waals surface area contributed by atoms with E-state index in [0.29, 0.717) is 11.3 Å². The zero-order valence-electron chi connectivity index (χ0n) is 8.32. The lowest BCUT2D eigenvalue weighted by molar-refractivity contribution is -0.131. The molecule has 1 N–H and O–H groups in total. The zero-order chi connectivity index (χ0) is 11.4. The van der Waals surface area contributed by atoms with Gasteiger partial charge in [-0.25, -0.2) is 0 Å². The fourth-order valence-electron chi connectivity index (χ4n) is 1.20. The number of rotatable bonds is 2. The number of benzene rings is 1. The molecule has 0 atom stereocenters. The Hall–Kier alpha value is -1.36. The molecule has 0 aliphatic rings. The van der Waals surface area contributed by atoms with Gasteiger partial charge in [0.05, 0.1) is 6.21 Å². The maximum atomic E-state index is 10.9. The molecule has 0 unspecified atom stereocenters. The number of ether oxygens (including phenoxy) is 1. The number of hydrogen-bond donors (Lipinski definition) is 1. The predicted molar refractivity (Wildman–Crippen MR) is 59.6 cm³/mol. The van der Waals surface area contributed by atoms with Crippen molar-refractivity contribution in [1.29, 1.82) is 0 Å². The quantitative estimate of drug-likeness (QED) is 0.296. The van der Waals surface area contributed by atoms with Gasteiger partial charge >= 0.3 is 5.97 Å². The summed E-state index contributed by atoms with van der Waals surface area (Å²) in [6, 6.07) is 3.51. The largest absolute Gasteiger partial charge is 0.426 e. The van der Waals surface area contributed by atoms with Crippen LogP contribution in [0.2, 0.25) is 0 Å². The molecule has 0 heterocycles. The van der Waals surface area contributed by atoms with E-state index in [4.69, 9.17) is 9.94 Å². The zero-order valence-corrected chi connectivity index (χ0v) is 9.91. The molecule has 0 radical (unpaired) electrons. The SMILES string of the molecule is CC(=O)Oc1c(C)cc(Br)cc1/C=N/O. The Kier molecular flexibility index (Phi) is 3.85. The van der Waals surface area contributed by atoms with Crippen LogP contribution in [0.25, 0.3) is 0 Å². The second kappa shape index (κ2) is 4.93. The second-order valence-electron chi connectivity index (χ2n) is 2.98. The normalized spacial score (nSPS) is 10.6. The Bertz CT molecular complexity index is 415. The summed E-state index contributed by atoms with van der Waals surface area (Å²) in [6.07, 6.45) is 1.22. The van der Waals surface area contributed by atoms with Crippen LogP contribution in [0.5, 0.6) is 5.75 Å². The summed E-state index contributed by atoms with van der Waals surface area (Å²) < 4.78 is 5.85. The van der Waals surface area contributed by atoms with Gasteiger partial charge in [-0.2, -0.15) is 0 Å². The highest BCUT2D eigenvalue weighted by Gasteiger charge is 2.09. The molecule has 80 valence electrons. The van der Waals surface area contributed by atoms with Crippen LogP contribution >= 0.6 is 15.9 Å². The van der Waals surface area contributed by atoms with Crippen LogP contribution in [0.1, 0.15) is 18.1 Å². The van der Waals surface area contributed by atoms with Gasteiger partial charge in [0.25, 0.3) is 0 Å². The molecule has 15 heavy (non-hydrogen) atoms. The van der Waals surface area contributed by atoms with E-state index in [0.717, 1.165) is 10.0 Å². The summed E-state index contributed by atoms with van der Waals surface area (Å²) in [7, 11) is 0. The molecule has 0 aliphatic heterocycles. The van der Waals surface area contributed by atoms with Crippen LogP contribution in [-0.2, 0) is 4.79 Å². The fraction of sp³-hybridized carbons (Fsp3) is 0.200. The summed E-state index contributed by atoms with van der Waals surface area (Å²) in [6.45, 7) is 3.12. The highest BCUT2D eigenvalue weighted by Crippen LogP contribution is 2.27. The van der Waals surface area contributed by atoms with Crippen LogP contribution < -0.4 is 4.74 Å². The number of carbonyl (C=O) groups is 1. The summed E-state index contributed by atoms with van der Waals surface area (Å²) in [4.78, 5) is 10.9. The van der Waals surface area contributed by atoms with E-state index < -0.39 is 5.97 Å². The minimum absolute atomic E-state index is 0.406. The first kappa shape index (κ1) is 11.7. The Morgan fingerprint density at radius 1 is 1.60 bits per heavy atom. The van der Waals surface area contributed by atoms with Gasteiger partial charge in [0.15, 0.2) is 0 Å². The molecule has 1 aromatic carbocycles. The van der Waals surface area contributed by atoms with Crippen LogP contribution in [-0.4, -0.2) is 17.4 Å². The number of carbonyl (C=O) groups excluding carboxylic acids is 1. The van der Waals surface area contributed by atoms with Crippen molar-refractivity contribution in [2.45, 2.75) is 13.8 Å². The molecule has 0 saturated carbocycles. The van der Waals surface area contributed by atoms with E-state index in [2.05, 4.69) is 21.1 Å². The molecule has 0 spiro atoms. The average molecular weight is 272 g/mol. The highest BCUT2D eigenvalue weighted by atomic mass is 79.9. The van der Waals surface area contributed by atoms with Crippen molar-refractivity contribution < 1.29 is 14.7 Å². The van der Waals surface area contributed by atoms with Gasteiger partial charge in [0.1, 0.15) is 5.75 Å². The molecule has 0 fully saturated rings. The number of oxime groups is 1. The molecule has 4 nitrogen and oxygen atoms in total. The molecular weight excluding hydrogens is 262 g/mol. The van der Waals surface area contributed by atoms with Crippen LogP contribution in [0.4, 0.5) is 0 Å². The van der Waals surface area contributed by atoms with Crippen molar-refractivity contribution in [3.63, 3.8) is 0 Å². The third-order valence-corrected chi connectivity index (χ3v) is 2.17. The third kappa shape index (κ3) is 3.06. The number of nitrogens with zero attached hydrogens (tertiary/aromatic N) is 1. The van der Waals surface area contributed by atoms with Crippen molar-refractivity contribution in [1.82, 2.24) is 0 Å². The first-order valence-electron chi connectivity index (χ1n) is 4.20. The van der Waals surface area contributed by atoms with Crippen LogP contribution in [0.3, 0.4) is 0 Å². The minimum Gasteiger partial charge on any atom is -0.426 e. The lowest BCUT2D eigenvalue weighted by Crippen LogP contribution is -2.05. The second-order valence-corrected chi connectivity index (χ2v) is 3.89. The van der Waals surface area contributed by atoms with E-state index in [1.54, 1.807) is 13.0 Å². The van der Waals surface area contributed by atoms with Crippen LogP contribution in [0.15, 0.2) is 21.8 Å². The highest BCUT2D eigenvalue weighted by molar-refractivity contribution is 9.10. The van der Waals surface area contributed by atoms with Crippen molar-refractivity contribution in [3.05, 3.63) is 27.7 Å². The molecule has 0 aromatic heterocycles. The number of esters is 1. The van der Waals surface area contributed by atoms with Crippen molar-refractivity contribution in [2.24, 2.45) is 5.16 Å². The lowest BCUT2D eigenvalue weighted by atomic mass is 10.1. The first-order valence-corrected chi connectivity index (χ1v) is 5.00. The monoisotopic (exact) mass is 271 g/mol. The molecule has 0 amide bonds. The Morgan fingerprint density at radius 2 is 2.27 bits per heavy atom. The Labute approximate surface area is 95.7 Å². The molecule has 1 rings (SSSR count). The third-order valence-electron chi connectivity index (χ3n) is 1.71. The molecule has 0 bridgehead atoms. The number of halogens is 1. The molecule has 0 saturated heterocycles. The summed E-state index contributed by atoms with van der Waals surface area (Å²) in [5.41, 5.74) is 1.33. The van der Waals surface area contributed by atoms with Gasteiger partial charge in [0, 0.05) is 17.0 Å². The van der Waals surface area contributed by atoms with Crippen molar-refractivity contribution in [3.8, 4) is 5.75 Å². The van der Waals surface area contributed by atoms with Gasteiger partial charge in [-0.05, 0) is 24.6 Å². The fourth-order valence-corrected chi connectivity index (χ4v) is 1.79. The summed E-state index contributed by atoms with van der Waals surface area (Å²) in [5.74, 6) is -0.00323. The van der Waals surface area contributed by atoms with E-state index in [-0.39, 0.29) is 0 Å². The maximum absolute atomic E-state index is 10.9. The Balaban J connectivity index is 3.26. The van der Waals surface area contributed by atoms with Crippen molar-refractivity contribution >= 4 is 28.1 Å². The smallest absolute Gasteiger partial charge is 0.308 e. The van der Waals surface area contributed by atoms with E-state index in [9.17, 15) is 4.79 Å². The van der Waals surface area contributed by atoms with Gasteiger partial charge in [-0.15, -0.1) is 0 Å². The topological polar surface area (TPSA) is 58.9 Å². The first-order chi connectivity index (χ1) is 7.04. The van der Waals surface area contributed by atoms with E-state index >= 15 is 0 Å². The van der Waals surface area contributed by atoms with Crippen molar-refractivity contribution in [2.75, 3.05) is 0 Å². The standard InChI is InChI=1S/C10H10BrNO3/c1-6-3-9(11)4-8(5-12-14)10(6)15-7(2)13/h3-5,14H,1-2H3/b12-5+. The van der Waals surface area contributed by atoms with E-state index in [1.807, 2.05) is 6.07 Å². The number of aryl methyl sites for hydroxylation is 1. The molecule has 5 heteroatoms. The van der Waals surface area contributed by atoms with Gasteiger partial charge in [-0.3, -0.25) is 4.79 Å². The van der Waals surface area contributed by atoms with Gasteiger partial charge < -0.3 is 9.94 Å². The molecule has 0 aliphatic carbocycles. The van der Waals surface area contributed by atoms with Gasteiger partial charge in [0.2, 0.25) is 0 Å². The Morgan fingerprint density at radius 3 is 2.80 bits per heavy atom. The predicted octanol–water partition coefficient (Wildman–Crippen LogP) is 2.49. The summed E-state index contributed by atoms with van der Waals surface area (Å²) >= 11 is 3.30. The summed E-state index contributed by atoms with van der Waals surface area (Å²) in [5, 5.41) is 11.4. The maximum Gasteiger partial charge on any atom is 0.308 e. The number of hydrogen-bond acceptors (Lipinski definition) is 4. The minimum atomic E-state index is -0.409. The van der Waals surface area contributed by atoms with E-state index in [1.165, 1.54) is 13.1 Å². The average Bonchev–Trinajstić information content (AvgIpc) is 2.11. The van der Waals surface area contributed by atoms with Gasteiger partial charge in [-0.1, -0.05) is 21.1 Å². The molecule has 1 aromatic rings. The lowest BCUT2D eigenvalue weighted by Gasteiger charge is -2.09. The van der Waals surface area contributed by atoms with Crippen LogP contribution in [0, 0.1) is 6.92 Å². The molecular formula is C10H10BrNO3.